The van der Waals surface area contributed by atoms with Crippen molar-refractivity contribution in [2.75, 3.05) is 7.11 Å². The number of methoxy groups -OCH3 is 1. The molecular formula is C13H16N4O2. The Hall–Kier alpha value is -1.79. The Labute approximate surface area is 111 Å². The van der Waals surface area contributed by atoms with E-state index in [9.17, 15) is 0 Å². The predicted molar refractivity (Wildman–Crippen MR) is 68.1 cm³/mol. The van der Waals surface area contributed by atoms with E-state index in [0.29, 0.717) is 11.7 Å². The van der Waals surface area contributed by atoms with E-state index in [4.69, 9.17) is 15.0 Å². The van der Waals surface area contributed by atoms with Crippen LogP contribution in [-0.2, 0) is 10.3 Å². The fraction of sp³-hybridized carbons (Fsp3) is 0.462. The van der Waals surface area contributed by atoms with Gasteiger partial charge in [-0.2, -0.15) is 4.98 Å². The fourth-order valence-electron chi connectivity index (χ4n) is 2.03. The highest BCUT2D eigenvalue weighted by Gasteiger charge is 2.46. The summed E-state index contributed by atoms with van der Waals surface area (Å²) in [4.78, 5) is 8.65. The summed E-state index contributed by atoms with van der Waals surface area (Å²) in [5.74, 6) is 0.962. The first kappa shape index (κ1) is 12.3. The largest absolute Gasteiger partial charge is 0.372 e. The molecule has 0 radical (unpaired) electrons. The van der Waals surface area contributed by atoms with Crippen LogP contribution in [-0.4, -0.2) is 22.2 Å². The lowest BCUT2D eigenvalue weighted by Crippen LogP contribution is -2.11. The van der Waals surface area contributed by atoms with Gasteiger partial charge in [0.15, 0.2) is 0 Å². The summed E-state index contributed by atoms with van der Waals surface area (Å²) in [5, 5.41) is 3.94. The van der Waals surface area contributed by atoms with Crippen LogP contribution in [0.1, 0.15) is 37.4 Å². The molecule has 1 aliphatic rings. The zero-order valence-corrected chi connectivity index (χ0v) is 11.0. The SMILES string of the molecule is COC1(c2cc(-c3noc([C@H](C)N)n3)ccn2)CC1. The van der Waals surface area contributed by atoms with Crippen LogP contribution in [0.3, 0.4) is 0 Å². The van der Waals surface area contributed by atoms with E-state index in [1.165, 1.54) is 0 Å². The molecule has 19 heavy (non-hydrogen) atoms. The number of nitrogens with zero attached hydrogens (tertiary/aromatic N) is 3. The molecule has 0 aliphatic heterocycles. The van der Waals surface area contributed by atoms with Crippen LogP contribution in [0.15, 0.2) is 22.9 Å². The minimum Gasteiger partial charge on any atom is -0.372 e. The average Bonchev–Trinajstić information content (AvgIpc) is 3.07. The monoisotopic (exact) mass is 260 g/mol. The third kappa shape index (κ3) is 2.13. The van der Waals surface area contributed by atoms with Gasteiger partial charge in [0, 0.05) is 18.9 Å². The molecule has 2 N–H and O–H groups in total. The molecule has 0 bridgehead atoms. The Morgan fingerprint density at radius 1 is 1.47 bits per heavy atom. The molecule has 2 aromatic heterocycles. The van der Waals surface area contributed by atoms with E-state index in [2.05, 4.69) is 15.1 Å². The molecule has 6 heteroatoms. The molecule has 0 saturated heterocycles. The van der Waals surface area contributed by atoms with Crippen LogP contribution in [0.5, 0.6) is 0 Å². The second kappa shape index (κ2) is 4.40. The van der Waals surface area contributed by atoms with Gasteiger partial charge in [-0.1, -0.05) is 5.16 Å². The number of rotatable bonds is 4. The van der Waals surface area contributed by atoms with Crippen molar-refractivity contribution in [3.05, 3.63) is 29.9 Å². The summed E-state index contributed by atoms with van der Waals surface area (Å²) >= 11 is 0. The summed E-state index contributed by atoms with van der Waals surface area (Å²) in [7, 11) is 1.71. The first-order chi connectivity index (χ1) is 9.14. The van der Waals surface area contributed by atoms with Gasteiger partial charge in [-0.3, -0.25) is 4.98 Å². The van der Waals surface area contributed by atoms with Gasteiger partial charge in [0.25, 0.3) is 0 Å². The fourth-order valence-corrected chi connectivity index (χ4v) is 2.03. The van der Waals surface area contributed by atoms with E-state index >= 15 is 0 Å². The number of hydrogen-bond donors (Lipinski definition) is 1. The van der Waals surface area contributed by atoms with Gasteiger partial charge in [-0.25, -0.2) is 0 Å². The van der Waals surface area contributed by atoms with Crippen LogP contribution in [0.4, 0.5) is 0 Å². The highest BCUT2D eigenvalue weighted by Crippen LogP contribution is 2.48. The van der Waals surface area contributed by atoms with Crippen molar-refractivity contribution in [2.24, 2.45) is 5.73 Å². The van der Waals surface area contributed by atoms with Crippen LogP contribution >= 0.6 is 0 Å². The standard InChI is InChI=1S/C13H16N4O2/c1-8(14)12-16-11(17-19-12)9-3-6-15-10(7-9)13(18-2)4-5-13/h3,6-8H,4-5,14H2,1-2H3/t8-/m0/s1. The zero-order valence-electron chi connectivity index (χ0n) is 11.0. The van der Waals surface area contributed by atoms with Gasteiger partial charge in [0.2, 0.25) is 11.7 Å². The van der Waals surface area contributed by atoms with Crippen LogP contribution < -0.4 is 5.73 Å². The zero-order chi connectivity index (χ0) is 13.5. The maximum Gasteiger partial charge on any atom is 0.243 e. The molecule has 0 amide bonds. The summed E-state index contributed by atoms with van der Waals surface area (Å²) in [6.45, 7) is 1.80. The van der Waals surface area contributed by atoms with Gasteiger partial charge in [0.1, 0.15) is 5.60 Å². The average molecular weight is 260 g/mol. The molecule has 3 rings (SSSR count). The Morgan fingerprint density at radius 3 is 2.84 bits per heavy atom. The van der Waals surface area contributed by atoms with Gasteiger partial charge in [-0.05, 0) is 31.9 Å². The maximum absolute atomic E-state index is 5.71. The van der Waals surface area contributed by atoms with Gasteiger partial charge in [-0.15, -0.1) is 0 Å². The summed E-state index contributed by atoms with van der Waals surface area (Å²) < 4.78 is 10.6. The molecule has 1 aliphatic carbocycles. The molecule has 100 valence electrons. The van der Waals surface area contributed by atoms with Crippen molar-refractivity contribution in [3.8, 4) is 11.4 Å². The molecule has 2 heterocycles. The second-order valence-corrected chi connectivity index (χ2v) is 4.87. The lowest BCUT2D eigenvalue weighted by Gasteiger charge is -2.12. The molecule has 2 aromatic rings. The molecule has 0 spiro atoms. The summed E-state index contributed by atoms with van der Waals surface area (Å²) in [5.41, 5.74) is 7.27. The normalized spacial score (nSPS) is 18.3. The first-order valence-corrected chi connectivity index (χ1v) is 6.26. The smallest absolute Gasteiger partial charge is 0.243 e. The van der Waals surface area contributed by atoms with Gasteiger partial charge in [0.05, 0.1) is 11.7 Å². The van der Waals surface area contributed by atoms with Crippen molar-refractivity contribution >= 4 is 0 Å². The van der Waals surface area contributed by atoms with Crippen molar-refractivity contribution in [2.45, 2.75) is 31.4 Å². The van der Waals surface area contributed by atoms with Crippen molar-refractivity contribution in [3.63, 3.8) is 0 Å². The maximum atomic E-state index is 5.71. The number of pyridine rings is 1. The number of nitrogens with two attached hydrogens (primary N) is 1. The lowest BCUT2D eigenvalue weighted by molar-refractivity contribution is 0.0752. The molecular weight excluding hydrogens is 244 g/mol. The third-order valence-corrected chi connectivity index (χ3v) is 3.41. The minimum atomic E-state index is -0.267. The molecule has 1 atom stereocenters. The number of aromatic nitrogens is 3. The van der Waals surface area contributed by atoms with Gasteiger partial charge >= 0.3 is 0 Å². The van der Waals surface area contributed by atoms with E-state index < -0.39 is 0 Å². The Balaban J connectivity index is 1.94. The molecule has 1 fully saturated rings. The summed E-state index contributed by atoms with van der Waals surface area (Å²) in [6.07, 6.45) is 3.74. The quantitative estimate of drug-likeness (QED) is 0.901. The summed E-state index contributed by atoms with van der Waals surface area (Å²) in [6, 6.07) is 3.54. The van der Waals surface area contributed by atoms with Crippen molar-refractivity contribution < 1.29 is 9.26 Å². The van der Waals surface area contributed by atoms with Crippen LogP contribution in [0.2, 0.25) is 0 Å². The van der Waals surface area contributed by atoms with Crippen LogP contribution in [0.25, 0.3) is 11.4 Å². The van der Waals surface area contributed by atoms with Crippen LogP contribution in [0, 0.1) is 0 Å². The lowest BCUT2D eigenvalue weighted by atomic mass is 10.1. The molecule has 1 saturated carbocycles. The molecule has 0 aromatic carbocycles. The third-order valence-electron chi connectivity index (χ3n) is 3.41. The van der Waals surface area contributed by atoms with E-state index in [0.717, 1.165) is 24.1 Å². The Morgan fingerprint density at radius 2 is 2.26 bits per heavy atom. The minimum absolute atomic E-state index is 0.219. The highest BCUT2D eigenvalue weighted by molar-refractivity contribution is 5.55. The highest BCUT2D eigenvalue weighted by atomic mass is 16.5. The van der Waals surface area contributed by atoms with E-state index in [-0.39, 0.29) is 11.6 Å². The van der Waals surface area contributed by atoms with Crippen molar-refractivity contribution in [1.29, 1.82) is 0 Å². The van der Waals surface area contributed by atoms with Crippen molar-refractivity contribution in [1.82, 2.24) is 15.1 Å². The first-order valence-electron chi connectivity index (χ1n) is 6.26. The number of hydrogen-bond acceptors (Lipinski definition) is 6. The molecule has 0 unspecified atom stereocenters. The second-order valence-electron chi connectivity index (χ2n) is 4.87. The predicted octanol–water partition coefficient (Wildman–Crippen LogP) is 1.79. The molecule has 6 nitrogen and oxygen atoms in total. The Bertz CT molecular complexity index is 590. The van der Waals surface area contributed by atoms with E-state index in [1.807, 2.05) is 12.1 Å². The van der Waals surface area contributed by atoms with Gasteiger partial charge < -0.3 is 15.0 Å². The Kier molecular flexibility index (Phi) is 2.83. The number of ether oxygens (including phenoxy) is 1. The topological polar surface area (TPSA) is 87.1 Å². The van der Waals surface area contributed by atoms with E-state index in [1.54, 1.807) is 20.2 Å².